The molecule has 0 spiro atoms. The molecule has 27 heavy (non-hydrogen) atoms. The maximum Gasteiger partial charge on any atom is 0.0894 e. The minimum absolute atomic E-state index is 0.128. The predicted molar refractivity (Wildman–Crippen MR) is 122 cm³/mol. The van der Waals surface area contributed by atoms with Crippen LogP contribution in [0.4, 0.5) is 4.39 Å². The van der Waals surface area contributed by atoms with E-state index in [1.165, 1.54) is 122 Å². The number of unbranched alkanes of at least 4 members (excludes halogenated alkanes) is 13. The predicted octanol–water partition coefficient (Wildman–Crippen LogP) is 10.2. The number of alkyl halides is 1. The van der Waals surface area contributed by atoms with Gasteiger partial charge in [0.05, 0.1) is 6.67 Å². The Kier molecular flexibility index (Phi) is 20.6. The molecule has 0 saturated heterocycles. The minimum atomic E-state index is -0.128. The topological polar surface area (TPSA) is 0 Å². The van der Waals surface area contributed by atoms with Crippen LogP contribution in [-0.2, 0) is 0 Å². The smallest absolute Gasteiger partial charge is 0.0894 e. The summed E-state index contributed by atoms with van der Waals surface area (Å²) in [6.45, 7) is 6.93. The van der Waals surface area contributed by atoms with Gasteiger partial charge in [-0.05, 0) is 37.5 Å². The number of rotatable bonds is 22. The van der Waals surface area contributed by atoms with Gasteiger partial charge in [0.25, 0.3) is 0 Å². The first-order valence-electron chi connectivity index (χ1n) is 12.8. The van der Waals surface area contributed by atoms with Crippen LogP contribution in [0.2, 0.25) is 0 Å². The summed E-state index contributed by atoms with van der Waals surface area (Å²) in [6.07, 6.45) is 28.6. The van der Waals surface area contributed by atoms with E-state index >= 15 is 0 Å². The van der Waals surface area contributed by atoms with Crippen LogP contribution in [0.25, 0.3) is 0 Å². The molecule has 0 saturated carbocycles. The fourth-order valence-electron chi connectivity index (χ4n) is 4.59. The van der Waals surface area contributed by atoms with Crippen molar-refractivity contribution in [2.24, 2.45) is 5.41 Å². The zero-order chi connectivity index (χ0) is 20.1. The second kappa shape index (κ2) is 20.7. The molecule has 0 N–H and O–H groups in total. The van der Waals surface area contributed by atoms with Gasteiger partial charge in [0, 0.05) is 0 Å². The third-order valence-corrected chi connectivity index (χ3v) is 6.52. The van der Waals surface area contributed by atoms with Crippen molar-refractivity contribution in [2.75, 3.05) is 6.67 Å². The van der Waals surface area contributed by atoms with E-state index in [1.54, 1.807) is 0 Å². The SMILES string of the molecule is CCCCC(CCCC)(CCCC)CCCCCCCCCCCCCF. The average Bonchev–Trinajstić information content (AvgIpc) is 2.69. The molecule has 0 amide bonds. The van der Waals surface area contributed by atoms with Gasteiger partial charge in [-0.1, -0.05) is 124 Å². The summed E-state index contributed by atoms with van der Waals surface area (Å²) in [5.74, 6) is 0. The molecule has 0 nitrogen and oxygen atoms in total. The molecule has 0 unspecified atom stereocenters. The molecular formula is C26H53F. The second-order valence-corrected chi connectivity index (χ2v) is 9.14. The molecular weight excluding hydrogens is 331 g/mol. The highest BCUT2D eigenvalue weighted by Crippen LogP contribution is 2.41. The van der Waals surface area contributed by atoms with Crippen LogP contribution in [0.15, 0.2) is 0 Å². The van der Waals surface area contributed by atoms with Gasteiger partial charge < -0.3 is 0 Å². The monoisotopic (exact) mass is 384 g/mol. The van der Waals surface area contributed by atoms with Crippen LogP contribution >= 0.6 is 0 Å². The Hall–Kier alpha value is -0.0700. The molecule has 0 rings (SSSR count). The summed E-state index contributed by atoms with van der Waals surface area (Å²) < 4.78 is 12.0. The normalized spacial score (nSPS) is 12.0. The summed E-state index contributed by atoms with van der Waals surface area (Å²) in [7, 11) is 0. The van der Waals surface area contributed by atoms with Gasteiger partial charge in [-0.15, -0.1) is 0 Å². The molecule has 0 bridgehead atoms. The first-order valence-corrected chi connectivity index (χ1v) is 12.8. The van der Waals surface area contributed by atoms with E-state index in [9.17, 15) is 4.39 Å². The maximum absolute atomic E-state index is 12.0. The Labute approximate surface area is 172 Å². The minimum Gasteiger partial charge on any atom is -0.251 e. The van der Waals surface area contributed by atoms with Crippen LogP contribution in [0, 0.1) is 5.41 Å². The van der Waals surface area contributed by atoms with Crippen LogP contribution in [-0.4, -0.2) is 6.67 Å². The lowest BCUT2D eigenvalue weighted by Gasteiger charge is -2.35. The molecule has 0 fully saturated rings. The Morgan fingerprint density at radius 3 is 1.04 bits per heavy atom. The van der Waals surface area contributed by atoms with E-state index in [0.29, 0.717) is 5.41 Å². The van der Waals surface area contributed by atoms with E-state index in [0.717, 1.165) is 12.8 Å². The summed E-state index contributed by atoms with van der Waals surface area (Å²) in [5.41, 5.74) is 0.668. The molecule has 164 valence electrons. The molecule has 0 aliphatic carbocycles. The Balaban J connectivity index is 3.89. The van der Waals surface area contributed by atoms with Crippen LogP contribution in [0.3, 0.4) is 0 Å². The van der Waals surface area contributed by atoms with Crippen molar-refractivity contribution in [1.29, 1.82) is 0 Å². The average molecular weight is 385 g/mol. The summed E-state index contributed by atoms with van der Waals surface area (Å²) in [4.78, 5) is 0. The highest BCUT2D eigenvalue weighted by atomic mass is 19.1. The Morgan fingerprint density at radius 2 is 0.704 bits per heavy atom. The van der Waals surface area contributed by atoms with E-state index in [1.807, 2.05) is 0 Å². The summed E-state index contributed by atoms with van der Waals surface area (Å²) in [6, 6.07) is 0. The van der Waals surface area contributed by atoms with Gasteiger partial charge in [-0.2, -0.15) is 0 Å². The van der Waals surface area contributed by atoms with E-state index < -0.39 is 0 Å². The lowest BCUT2D eigenvalue weighted by Crippen LogP contribution is -2.21. The van der Waals surface area contributed by atoms with Crippen molar-refractivity contribution in [2.45, 2.75) is 156 Å². The van der Waals surface area contributed by atoms with Crippen molar-refractivity contribution in [1.82, 2.24) is 0 Å². The zero-order valence-corrected chi connectivity index (χ0v) is 19.4. The van der Waals surface area contributed by atoms with E-state index in [-0.39, 0.29) is 6.67 Å². The molecule has 0 aromatic rings. The van der Waals surface area contributed by atoms with Gasteiger partial charge in [-0.25, -0.2) is 0 Å². The van der Waals surface area contributed by atoms with Crippen molar-refractivity contribution in [3.05, 3.63) is 0 Å². The van der Waals surface area contributed by atoms with Crippen molar-refractivity contribution in [3.8, 4) is 0 Å². The number of hydrogen-bond donors (Lipinski definition) is 0. The second-order valence-electron chi connectivity index (χ2n) is 9.14. The highest BCUT2D eigenvalue weighted by Gasteiger charge is 2.27. The third kappa shape index (κ3) is 16.6. The van der Waals surface area contributed by atoms with Gasteiger partial charge in [-0.3, -0.25) is 4.39 Å². The summed E-state index contributed by atoms with van der Waals surface area (Å²) >= 11 is 0. The Bertz CT molecular complexity index is 252. The van der Waals surface area contributed by atoms with Gasteiger partial charge >= 0.3 is 0 Å². The van der Waals surface area contributed by atoms with Gasteiger partial charge in [0.1, 0.15) is 0 Å². The van der Waals surface area contributed by atoms with E-state index in [2.05, 4.69) is 20.8 Å². The zero-order valence-electron chi connectivity index (χ0n) is 19.4. The Morgan fingerprint density at radius 1 is 0.407 bits per heavy atom. The maximum atomic E-state index is 12.0. The number of hydrogen-bond acceptors (Lipinski definition) is 0. The largest absolute Gasteiger partial charge is 0.251 e. The van der Waals surface area contributed by atoms with Crippen molar-refractivity contribution >= 4 is 0 Å². The lowest BCUT2D eigenvalue weighted by atomic mass is 9.71. The molecule has 0 heterocycles. The number of halogens is 1. The summed E-state index contributed by atoms with van der Waals surface area (Å²) in [5, 5.41) is 0. The first kappa shape index (κ1) is 26.9. The lowest BCUT2D eigenvalue weighted by molar-refractivity contribution is 0.175. The molecule has 0 aliphatic heterocycles. The fraction of sp³-hybridized carbons (Fsp3) is 1.00. The van der Waals surface area contributed by atoms with Crippen LogP contribution < -0.4 is 0 Å². The van der Waals surface area contributed by atoms with Crippen LogP contribution in [0.5, 0.6) is 0 Å². The molecule has 1 heteroatoms. The van der Waals surface area contributed by atoms with Crippen molar-refractivity contribution in [3.63, 3.8) is 0 Å². The quantitative estimate of drug-likeness (QED) is 0.163. The van der Waals surface area contributed by atoms with E-state index in [4.69, 9.17) is 0 Å². The molecule has 0 radical (unpaired) electrons. The highest BCUT2D eigenvalue weighted by molar-refractivity contribution is 4.79. The molecule has 0 aromatic carbocycles. The third-order valence-electron chi connectivity index (χ3n) is 6.52. The van der Waals surface area contributed by atoms with Crippen molar-refractivity contribution < 1.29 is 4.39 Å². The molecule has 0 atom stereocenters. The first-order chi connectivity index (χ1) is 13.2. The molecule has 0 aromatic heterocycles. The standard InChI is InChI=1S/C26H53F/c1-4-7-21-26(22-8-5-2,23-9-6-3)24-19-17-15-13-11-10-12-14-16-18-20-25-27/h4-25H2,1-3H3. The van der Waals surface area contributed by atoms with Gasteiger partial charge in [0.15, 0.2) is 0 Å². The van der Waals surface area contributed by atoms with Crippen LogP contribution in [0.1, 0.15) is 156 Å². The fourth-order valence-corrected chi connectivity index (χ4v) is 4.59. The molecule has 0 aliphatic rings. The van der Waals surface area contributed by atoms with Gasteiger partial charge in [0.2, 0.25) is 0 Å².